The molecule has 0 saturated heterocycles. The molecule has 0 bridgehead atoms. The van der Waals surface area contributed by atoms with E-state index < -0.39 is 19.8 Å². The SMILES string of the molecule is C[C@@H](C(=O)OP(=O)(O)O)N(OCCc1ccccc1)c1ccccc1.Nc1nc(NC2CC2)c2ncn([C@H]3C=C[C@@H](CO)C3)c2n1. The van der Waals surface area contributed by atoms with Gasteiger partial charge in [-0.3, -0.25) is 14.6 Å². The predicted molar refractivity (Wildman–Crippen MR) is 172 cm³/mol. The number of hydroxylamine groups is 1. The van der Waals surface area contributed by atoms with E-state index in [4.69, 9.17) is 20.4 Å². The lowest BCUT2D eigenvalue weighted by molar-refractivity contribution is -0.139. The third-order valence-electron chi connectivity index (χ3n) is 7.47. The van der Waals surface area contributed by atoms with E-state index in [1.165, 1.54) is 12.0 Å². The van der Waals surface area contributed by atoms with Crippen LogP contribution in [0.25, 0.3) is 11.2 Å². The highest BCUT2D eigenvalue weighted by Crippen LogP contribution is 2.37. The standard InChI is InChI=1S/C17H20NO6P.C14H18N6O/c1-14(17(19)24-25(20,21)22)18(16-10-6-3-7-11-16)23-13-12-15-8-4-2-5-9-15;15-14-18-12(17-9-2-3-9)11-13(19-14)20(7-16-11)10-4-1-8(5-10)6-21/h2-11,14H,12-13H2,1H3,(H2,20,21,22);1,4,7-10,21H,2-3,5-6H2,(H3,15,17,18,19)/t14-;8-,10+/m01/s1. The highest BCUT2D eigenvalue weighted by Gasteiger charge is 2.30. The molecule has 0 amide bonds. The quantitative estimate of drug-likeness (QED) is 0.0843. The van der Waals surface area contributed by atoms with Crippen molar-refractivity contribution in [1.29, 1.82) is 0 Å². The number of fused-ring (bicyclic) bond motifs is 1. The molecule has 46 heavy (non-hydrogen) atoms. The predicted octanol–water partition coefficient (Wildman–Crippen LogP) is 3.78. The number of aliphatic hydroxyl groups is 1. The molecule has 2 heterocycles. The number of nitrogen functional groups attached to an aromatic ring is 1. The van der Waals surface area contributed by atoms with Gasteiger partial charge < -0.3 is 25.2 Å². The van der Waals surface area contributed by atoms with Gasteiger partial charge in [0.05, 0.1) is 24.7 Å². The molecule has 2 aromatic heterocycles. The largest absolute Gasteiger partial charge is 0.527 e. The van der Waals surface area contributed by atoms with E-state index >= 15 is 0 Å². The van der Waals surface area contributed by atoms with Gasteiger partial charge in [0.2, 0.25) is 5.95 Å². The van der Waals surface area contributed by atoms with E-state index in [0.717, 1.165) is 41.8 Å². The Morgan fingerprint density at radius 1 is 1.11 bits per heavy atom. The highest BCUT2D eigenvalue weighted by molar-refractivity contribution is 7.46. The maximum absolute atomic E-state index is 12.0. The van der Waals surface area contributed by atoms with Crippen molar-refractivity contribution >= 4 is 42.4 Å². The molecule has 0 unspecified atom stereocenters. The summed E-state index contributed by atoms with van der Waals surface area (Å²) in [5.74, 6) is 0.111. The first-order valence-corrected chi connectivity index (χ1v) is 16.5. The minimum Gasteiger partial charge on any atom is -0.396 e. The van der Waals surface area contributed by atoms with Gasteiger partial charge >= 0.3 is 13.8 Å². The molecule has 2 aliphatic carbocycles. The van der Waals surface area contributed by atoms with E-state index in [0.29, 0.717) is 18.2 Å². The molecule has 15 heteroatoms. The molecule has 2 aromatic carbocycles. The number of aromatic nitrogens is 4. The van der Waals surface area contributed by atoms with Gasteiger partial charge in [-0.2, -0.15) is 9.97 Å². The summed E-state index contributed by atoms with van der Waals surface area (Å²) < 4.78 is 17.1. The number of nitrogens with two attached hydrogens (primary N) is 1. The average Bonchev–Trinajstić information content (AvgIpc) is 3.54. The lowest BCUT2D eigenvalue weighted by Gasteiger charge is -2.28. The number of carbonyl (C=O) groups is 1. The van der Waals surface area contributed by atoms with Crippen LogP contribution in [0.3, 0.4) is 0 Å². The maximum atomic E-state index is 12.0. The number of anilines is 3. The van der Waals surface area contributed by atoms with Crippen LogP contribution in [-0.2, 0) is 25.1 Å². The summed E-state index contributed by atoms with van der Waals surface area (Å²) in [6, 6.07) is 18.1. The lowest BCUT2D eigenvalue weighted by Crippen LogP contribution is -2.40. The Kier molecular flexibility index (Phi) is 10.7. The molecular weight excluding hydrogens is 613 g/mol. The number of imidazole rings is 1. The number of carbonyl (C=O) groups excluding carboxylic acids is 1. The minimum atomic E-state index is -4.91. The fourth-order valence-electron chi connectivity index (χ4n) is 4.97. The van der Waals surface area contributed by atoms with Gasteiger partial charge in [0.1, 0.15) is 0 Å². The summed E-state index contributed by atoms with van der Waals surface area (Å²) in [7, 11) is -4.91. The van der Waals surface area contributed by atoms with Gasteiger partial charge in [-0.15, -0.1) is 0 Å². The van der Waals surface area contributed by atoms with E-state index in [1.807, 2.05) is 47.0 Å². The summed E-state index contributed by atoms with van der Waals surface area (Å²) in [5.41, 5.74) is 8.99. The maximum Gasteiger partial charge on any atom is 0.527 e. The first kappa shape index (κ1) is 33.0. The third-order valence-corrected chi connectivity index (χ3v) is 7.89. The second-order valence-corrected chi connectivity index (χ2v) is 12.3. The zero-order chi connectivity index (χ0) is 32.7. The van der Waals surface area contributed by atoms with Crippen molar-refractivity contribution in [2.75, 3.05) is 29.3 Å². The number of nitrogens with zero attached hydrogens (tertiary/aromatic N) is 5. The van der Waals surface area contributed by atoms with Crippen LogP contribution >= 0.6 is 7.82 Å². The summed E-state index contributed by atoms with van der Waals surface area (Å²) in [6.07, 6.45) is 9.72. The molecular formula is C31H38N7O7P. The van der Waals surface area contributed by atoms with Crippen molar-refractivity contribution in [3.8, 4) is 0 Å². The van der Waals surface area contributed by atoms with E-state index in [9.17, 15) is 14.5 Å². The fourth-order valence-corrected chi connectivity index (χ4v) is 5.36. The van der Waals surface area contributed by atoms with E-state index in [-0.39, 0.29) is 31.1 Å². The van der Waals surface area contributed by atoms with Crippen LogP contribution in [0.1, 0.15) is 37.8 Å². The number of hydrogen-bond donors (Lipinski definition) is 5. The molecule has 0 radical (unpaired) electrons. The van der Waals surface area contributed by atoms with Crippen molar-refractivity contribution in [1.82, 2.24) is 19.5 Å². The van der Waals surface area contributed by atoms with Crippen LogP contribution in [0.4, 0.5) is 17.5 Å². The van der Waals surface area contributed by atoms with Gasteiger partial charge in [0.15, 0.2) is 23.0 Å². The Balaban J connectivity index is 0.000000183. The molecule has 0 aliphatic heterocycles. The van der Waals surface area contributed by atoms with E-state index in [1.54, 1.807) is 30.6 Å². The first-order valence-electron chi connectivity index (χ1n) is 15.0. The third kappa shape index (κ3) is 8.89. The average molecular weight is 652 g/mol. The number of phosphoric ester groups is 1. The van der Waals surface area contributed by atoms with Crippen molar-refractivity contribution in [2.24, 2.45) is 5.92 Å². The smallest absolute Gasteiger partial charge is 0.396 e. The summed E-state index contributed by atoms with van der Waals surface area (Å²) in [5, 5.41) is 13.9. The topological polar surface area (TPSA) is 198 Å². The van der Waals surface area contributed by atoms with Crippen LogP contribution in [0.15, 0.2) is 79.1 Å². The molecule has 0 spiro atoms. The lowest BCUT2D eigenvalue weighted by atomic mass is 10.1. The number of aliphatic hydroxyl groups excluding tert-OH is 1. The monoisotopic (exact) mass is 651 g/mol. The molecule has 3 atom stereocenters. The zero-order valence-electron chi connectivity index (χ0n) is 25.3. The number of phosphoric acid groups is 1. The molecule has 1 fully saturated rings. The first-order chi connectivity index (χ1) is 22.1. The highest BCUT2D eigenvalue weighted by atomic mass is 31.2. The van der Waals surface area contributed by atoms with Crippen LogP contribution < -0.4 is 16.1 Å². The molecule has 1 saturated carbocycles. The number of rotatable bonds is 12. The fraction of sp³-hybridized carbons (Fsp3) is 0.355. The van der Waals surface area contributed by atoms with Gasteiger partial charge in [0.25, 0.3) is 0 Å². The normalized spacial score (nSPS) is 18.1. The number of nitrogens with one attached hydrogen (secondary N) is 1. The van der Waals surface area contributed by atoms with Crippen molar-refractivity contribution in [2.45, 2.75) is 50.7 Å². The van der Waals surface area contributed by atoms with Crippen molar-refractivity contribution in [3.63, 3.8) is 0 Å². The Morgan fingerprint density at radius 2 is 1.80 bits per heavy atom. The van der Waals surface area contributed by atoms with Crippen LogP contribution in [0, 0.1) is 5.92 Å². The van der Waals surface area contributed by atoms with Crippen LogP contribution in [-0.4, -0.2) is 65.7 Å². The second kappa shape index (κ2) is 14.8. The second-order valence-electron chi connectivity index (χ2n) is 11.1. The van der Waals surface area contributed by atoms with Crippen molar-refractivity contribution in [3.05, 3.63) is 84.7 Å². The number of allylic oxidation sites excluding steroid dienone is 1. The number of benzene rings is 2. The molecule has 244 valence electrons. The molecule has 6 rings (SSSR count). The van der Waals surface area contributed by atoms with Gasteiger partial charge in [0, 0.05) is 18.6 Å². The Bertz CT molecular complexity index is 1680. The van der Waals surface area contributed by atoms with Crippen LogP contribution in [0.2, 0.25) is 0 Å². The summed E-state index contributed by atoms with van der Waals surface area (Å²) in [6.45, 7) is 1.91. The van der Waals surface area contributed by atoms with Crippen molar-refractivity contribution < 1.29 is 33.6 Å². The molecule has 6 N–H and O–H groups in total. The van der Waals surface area contributed by atoms with Gasteiger partial charge in [-0.25, -0.2) is 19.4 Å². The Hall–Kier alpha value is -4.33. The molecule has 2 aliphatic rings. The number of hydrogen-bond acceptors (Lipinski definition) is 11. The molecule has 14 nitrogen and oxygen atoms in total. The van der Waals surface area contributed by atoms with Gasteiger partial charge in [-0.1, -0.05) is 60.7 Å². The summed E-state index contributed by atoms with van der Waals surface area (Å²) in [4.78, 5) is 48.4. The van der Waals surface area contributed by atoms with Crippen LogP contribution in [0.5, 0.6) is 0 Å². The number of para-hydroxylation sites is 1. The summed E-state index contributed by atoms with van der Waals surface area (Å²) >= 11 is 0. The van der Waals surface area contributed by atoms with Gasteiger partial charge in [-0.05, 0) is 50.3 Å². The Morgan fingerprint density at radius 3 is 2.43 bits per heavy atom. The minimum absolute atomic E-state index is 0.162. The Labute approximate surface area is 266 Å². The van der Waals surface area contributed by atoms with E-state index in [2.05, 4.69) is 30.9 Å². The zero-order valence-corrected chi connectivity index (χ0v) is 26.2. The molecule has 4 aromatic rings.